The highest BCUT2D eigenvalue weighted by Crippen LogP contribution is 2.35. The summed E-state index contributed by atoms with van der Waals surface area (Å²) in [7, 11) is 0. The Balaban J connectivity index is 2.36. The first-order valence-electron chi connectivity index (χ1n) is 8.09. The highest BCUT2D eigenvalue weighted by atomic mass is 14.9. The van der Waals surface area contributed by atoms with E-state index in [4.69, 9.17) is 0 Å². The maximum atomic E-state index is 3.70. The second kappa shape index (κ2) is 7.53. The Bertz CT molecular complexity index is 208. The Morgan fingerprint density at radius 2 is 1.67 bits per heavy atom. The van der Waals surface area contributed by atoms with E-state index in [9.17, 15) is 0 Å². The van der Waals surface area contributed by atoms with Gasteiger partial charge in [0.15, 0.2) is 0 Å². The molecule has 1 N–H and O–H groups in total. The first-order chi connectivity index (χ1) is 8.38. The average Bonchev–Trinajstić information content (AvgIpc) is 2.74. The molecule has 0 aromatic rings. The molecule has 18 heavy (non-hydrogen) atoms. The zero-order valence-corrected chi connectivity index (χ0v) is 13.4. The fraction of sp³-hybridized carbons (Fsp3) is 1.00. The molecule has 0 aromatic carbocycles. The molecule has 1 aliphatic carbocycles. The Kier molecular flexibility index (Phi) is 6.70. The van der Waals surface area contributed by atoms with Crippen LogP contribution in [0.25, 0.3) is 0 Å². The fourth-order valence-corrected chi connectivity index (χ4v) is 3.11. The van der Waals surface area contributed by atoms with Gasteiger partial charge in [-0.1, -0.05) is 60.3 Å². The van der Waals surface area contributed by atoms with Crippen molar-refractivity contribution in [3.63, 3.8) is 0 Å². The smallest absolute Gasteiger partial charge is 0.00178 e. The zero-order valence-electron chi connectivity index (χ0n) is 13.4. The summed E-state index contributed by atoms with van der Waals surface area (Å²) in [6.07, 6.45) is 8.70. The van der Waals surface area contributed by atoms with E-state index in [-0.39, 0.29) is 0 Å². The van der Waals surface area contributed by atoms with Crippen LogP contribution in [0.1, 0.15) is 73.1 Å². The molecule has 1 rings (SSSR count). The Labute approximate surface area is 115 Å². The van der Waals surface area contributed by atoms with E-state index >= 15 is 0 Å². The molecule has 1 heteroatoms. The minimum atomic E-state index is 0.495. The molecule has 0 spiro atoms. The maximum absolute atomic E-state index is 3.70. The van der Waals surface area contributed by atoms with E-state index in [2.05, 4.69) is 39.9 Å². The molecule has 0 aliphatic heterocycles. The summed E-state index contributed by atoms with van der Waals surface area (Å²) in [5.74, 6) is 2.70. The molecule has 108 valence electrons. The lowest BCUT2D eigenvalue weighted by Crippen LogP contribution is -2.30. The van der Waals surface area contributed by atoms with E-state index in [0.29, 0.717) is 5.41 Å². The van der Waals surface area contributed by atoms with E-state index in [1.807, 2.05) is 0 Å². The lowest BCUT2D eigenvalue weighted by atomic mass is 9.81. The lowest BCUT2D eigenvalue weighted by Gasteiger charge is -2.28. The number of nitrogens with one attached hydrogen (secondary N) is 1. The van der Waals surface area contributed by atoms with Crippen LogP contribution in [0.3, 0.4) is 0 Å². The van der Waals surface area contributed by atoms with Gasteiger partial charge in [0.1, 0.15) is 0 Å². The van der Waals surface area contributed by atoms with Crippen LogP contribution in [-0.2, 0) is 0 Å². The lowest BCUT2D eigenvalue weighted by molar-refractivity contribution is 0.250. The van der Waals surface area contributed by atoms with Crippen molar-refractivity contribution in [1.29, 1.82) is 0 Å². The molecule has 0 radical (unpaired) electrons. The molecule has 1 saturated carbocycles. The first-order valence-corrected chi connectivity index (χ1v) is 8.09. The van der Waals surface area contributed by atoms with Gasteiger partial charge in [0, 0.05) is 0 Å². The van der Waals surface area contributed by atoms with E-state index < -0.39 is 0 Å². The van der Waals surface area contributed by atoms with Gasteiger partial charge in [0.25, 0.3) is 0 Å². The zero-order chi connectivity index (χ0) is 13.6. The van der Waals surface area contributed by atoms with Crippen LogP contribution in [0, 0.1) is 23.2 Å². The third-order valence-corrected chi connectivity index (χ3v) is 4.29. The highest BCUT2D eigenvalue weighted by Gasteiger charge is 2.26. The molecular weight excluding hydrogens is 218 g/mol. The second-order valence-corrected chi connectivity index (χ2v) is 7.96. The standard InChI is InChI=1S/C17H35N/c1-14(2)12-18-13-16(10-11-17(3,4)5)15-8-6-7-9-15/h14-16,18H,6-13H2,1-5H3. The van der Waals surface area contributed by atoms with Crippen LogP contribution < -0.4 is 5.32 Å². The van der Waals surface area contributed by atoms with Gasteiger partial charge >= 0.3 is 0 Å². The van der Waals surface area contributed by atoms with Gasteiger partial charge in [-0.05, 0) is 49.1 Å². The topological polar surface area (TPSA) is 12.0 Å². The molecule has 0 amide bonds. The molecule has 1 unspecified atom stereocenters. The van der Waals surface area contributed by atoms with Crippen LogP contribution in [0.4, 0.5) is 0 Å². The molecule has 1 nitrogen and oxygen atoms in total. The monoisotopic (exact) mass is 253 g/mol. The van der Waals surface area contributed by atoms with Gasteiger partial charge < -0.3 is 5.32 Å². The van der Waals surface area contributed by atoms with E-state index in [0.717, 1.165) is 17.8 Å². The van der Waals surface area contributed by atoms with Crippen LogP contribution in [0.15, 0.2) is 0 Å². The van der Waals surface area contributed by atoms with Crippen molar-refractivity contribution in [1.82, 2.24) is 5.32 Å². The van der Waals surface area contributed by atoms with Crippen molar-refractivity contribution >= 4 is 0 Å². The molecule has 0 aromatic heterocycles. The molecular formula is C17H35N. The molecule has 0 bridgehead atoms. The van der Waals surface area contributed by atoms with Gasteiger partial charge in [-0.15, -0.1) is 0 Å². The van der Waals surface area contributed by atoms with Crippen molar-refractivity contribution < 1.29 is 0 Å². The molecule has 0 saturated heterocycles. The quantitative estimate of drug-likeness (QED) is 0.683. The first kappa shape index (κ1) is 16.0. The van der Waals surface area contributed by atoms with Crippen LogP contribution in [0.5, 0.6) is 0 Å². The summed E-state index contributed by atoms with van der Waals surface area (Å²) >= 11 is 0. The molecule has 0 heterocycles. The summed E-state index contributed by atoms with van der Waals surface area (Å²) < 4.78 is 0. The molecule has 1 fully saturated rings. The summed E-state index contributed by atoms with van der Waals surface area (Å²) in [5.41, 5.74) is 0.495. The number of rotatable bonds is 7. The van der Waals surface area contributed by atoms with Gasteiger partial charge in [0.2, 0.25) is 0 Å². The third-order valence-electron chi connectivity index (χ3n) is 4.29. The third kappa shape index (κ3) is 6.78. The van der Waals surface area contributed by atoms with Gasteiger partial charge in [0.05, 0.1) is 0 Å². The summed E-state index contributed by atoms with van der Waals surface area (Å²) in [5, 5.41) is 3.70. The van der Waals surface area contributed by atoms with Crippen molar-refractivity contribution in [2.45, 2.75) is 73.1 Å². The van der Waals surface area contributed by atoms with Gasteiger partial charge in [-0.25, -0.2) is 0 Å². The SMILES string of the molecule is CC(C)CNCC(CCC(C)(C)C)C1CCCC1. The minimum absolute atomic E-state index is 0.495. The Morgan fingerprint density at radius 3 is 2.17 bits per heavy atom. The van der Waals surface area contributed by atoms with E-state index in [1.165, 1.54) is 51.6 Å². The number of hydrogen-bond acceptors (Lipinski definition) is 1. The molecule has 1 atom stereocenters. The summed E-state index contributed by atoms with van der Waals surface area (Å²) in [6.45, 7) is 14.2. The van der Waals surface area contributed by atoms with Gasteiger partial charge in [-0.2, -0.15) is 0 Å². The van der Waals surface area contributed by atoms with E-state index in [1.54, 1.807) is 0 Å². The second-order valence-electron chi connectivity index (χ2n) is 7.96. The average molecular weight is 253 g/mol. The van der Waals surface area contributed by atoms with Crippen LogP contribution in [-0.4, -0.2) is 13.1 Å². The van der Waals surface area contributed by atoms with Crippen molar-refractivity contribution in [2.24, 2.45) is 23.2 Å². The maximum Gasteiger partial charge on any atom is -0.00178 e. The van der Waals surface area contributed by atoms with Crippen LogP contribution >= 0.6 is 0 Å². The summed E-state index contributed by atoms with van der Waals surface area (Å²) in [6, 6.07) is 0. The predicted octanol–water partition coefficient (Wildman–Crippen LogP) is 4.86. The van der Waals surface area contributed by atoms with Gasteiger partial charge in [-0.3, -0.25) is 0 Å². The van der Waals surface area contributed by atoms with Crippen molar-refractivity contribution in [3.8, 4) is 0 Å². The minimum Gasteiger partial charge on any atom is -0.316 e. The normalized spacial score (nSPS) is 19.7. The summed E-state index contributed by atoms with van der Waals surface area (Å²) in [4.78, 5) is 0. The van der Waals surface area contributed by atoms with Crippen molar-refractivity contribution in [2.75, 3.05) is 13.1 Å². The Morgan fingerprint density at radius 1 is 1.06 bits per heavy atom. The Hall–Kier alpha value is -0.0400. The van der Waals surface area contributed by atoms with Crippen LogP contribution in [0.2, 0.25) is 0 Å². The highest BCUT2D eigenvalue weighted by molar-refractivity contribution is 4.79. The van der Waals surface area contributed by atoms with Crippen molar-refractivity contribution in [3.05, 3.63) is 0 Å². The fourth-order valence-electron chi connectivity index (χ4n) is 3.11. The molecule has 1 aliphatic rings. The predicted molar refractivity (Wildman–Crippen MR) is 81.8 cm³/mol. The number of hydrogen-bond donors (Lipinski definition) is 1. The largest absolute Gasteiger partial charge is 0.316 e.